The molecule has 0 spiro atoms. The second-order valence-electron chi connectivity index (χ2n) is 5.86. The first-order valence-corrected chi connectivity index (χ1v) is 8.11. The number of hydrogen-bond donors (Lipinski definition) is 2. The number of rotatable bonds is 5. The highest BCUT2D eigenvalue weighted by atomic mass is 16.5. The fraction of sp³-hybridized carbons (Fsp3) is 0.316. The van der Waals surface area contributed by atoms with Crippen LogP contribution in [0, 0.1) is 0 Å². The van der Waals surface area contributed by atoms with Crippen LogP contribution in [0.2, 0.25) is 0 Å². The van der Waals surface area contributed by atoms with E-state index >= 15 is 0 Å². The van der Waals surface area contributed by atoms with Crippen LogP contribution in [0.3, 0.4) is 0 Å². The van der Waals surface area contributed by atoms with Crippen molar-refractivity contribution in [2.75, 3.05) is 12.4 Å². The van der Waals surface area contributed by atoms with Crippen LogP contribution < -0.4 is 15.4 Å². The Morgan fingerprint density at radius 1 is 1.04 bits per heavy atom. The zero-order valence-electron chi connectivity index (χ0n) is 13.3. The standard InChI is InChI=1S/C19H22N2O2/c1-20-19(22)14-5-4-8-18(13-14)23-17-11-9-16(10-12-17)21-15-6-2-3-7-15/h4-5,8-13,15,21H,2-3,6-7H2,1H3,(H,20,22). The van der Waals surface area contributed by atoms with Crippen molar-refractivity contribution < 1.29 is 9.53 Å². The molecular weight excluding hydrogens is 288 g/mol. The maximum absolute atomic E-state index is 11.7. The molecule has 0 bridgehead atoms. The third-order valence-electron chi connectivity index (χ3n) is 4.14. The smallest absolute Gasteiger partial charge is 0.251 e. The summed E-state index contributed by atoms with van der Waals surface area (Å²) in [5.74, 6) is 1.30. The minimum Gasteiger partial charge on any atom is -0.457 e. The van der Waals surface area contributed by atoms with Gasteiger partial charge in [-0.05, 0) is 55.3 Å². The molecule has 23 heavy (non-hydrogen) atoms. The summed E-state index contributed by atoms with van der Waals surface area (Å²) in [6.45, 7) is 0. The SMILES string of the molecule is CNC(=O)c1cccc(Oc2ccc(NC3CCCC3)cc2)c1. The molecule has 0 unspecified atom stereocenters. The molecule has 1 amide bonds. The Balaban J connectivity index is 1.64. The van der Waals surface area contributed by atoms with Gasteiger partial charge in [-0.1, -0.05) is 18.9 Å². The van der Waals surface area contributed by atoms with Gasteiger partial charge in [0.2, 0.25) is 0 Å². The van der Waals surface area contributed by atoms with E-state index < -0.39 is 0 Å². The van der Waals surface area contributed by atoms with Crippen LogP contribution >= 0.6 is 0 Å². The van der Waals surface area contributed by atoms with Crippen LogP contribution in [-0.4, -0.2) is 19.0 Å². The Hall–Kier alpha value is -2.49. The molecule has 0 heterocycles. The van der Waals surface area contributed by atoms with Crippen LogP contribution in [0.4, 0.5) is 5.69 Å². The fourth-order valence-corrected chi connectivity index (χ4v) is 2.91. The van der Waals surface area contributed by atoms with Gasteiger partial charge < -0.3 is 15.4 Å². The lowest BCUT2D eigenvalue weighted by Crippen LogP contribution is -2.17. The van der Waals surface area contributed by atoms with Gasteiger partial charge in [0, 0.05) is 24.3 Å². The first-order chi connectivity index (χ1) is 11.2. The predicted octanol–water partition coefficient (Wildman–Crippen LogP) is 4.19. The second kappa shape index (κ2) is 7.18. The molecule has 1 fully saturated rings. The zero-order chi connectivity index (χ0) is 16.1. The van der Waals surface area contributed by atoms with Crippen LogP contribution in [0.15, 0.2) is 48.5 Å². The summed E-state index contributed by atoms with van der Waals surface area (Å²) in [6, 6.07) is 15.7. The van der Waals surface area contributed by atoms with Gasteiger partial charge in [-0.3, -0.25) is 4.79 Å². The van der Waals surface area contributed by atoms with Crippen LogP contribution in [0.1, 0.15) is 36.0 Å². The van der Waals surface area contributed by atoms with Crippen molar-refractivity contribution in [2.24, 2.45) is 0 Å². The number of benzene rings is 2. The van der Waals surface area contributed by atoms with Crippen molar-refractivity contribution in [3.63, 3.8) is 0 Å². The number of anilines is 1. The fourth-order valence-electron chi connectivity index (χ4n) is 2.91. The largest absolute Gasteiger partial charge is 0.457 e. The topological polar surface area (TPSA) is 50.4 Å². The molecule has 2 aromatic rings. The average Bonchev–Trinajstić information content (AvgIpc) is 3.09. The number of carbonyl (C=O) groups excluding carboxylic acids is 1. The molecule has 4 heteroatoms. The third-order valence-corrected chi connectivity index (χ3v) is 4.14. The summed E-state index contributed by atoms with van der Waals surface area (Å²) < 4.78 is 5.83. The lowest BCUT2D eigenvalue weighted by molar-refractivity contribution is 0.0963. The molecule has 0 radical (unpaired) electrons. The van der Waals surface area contributed by atoms with Gasteiger partial charge in [-0.2, -0.15) is 0 Å². The molecule has 1 aliphatic rings. The first-order valence-electron chi connectivity index (χ1n) is 8.11. The van der Waals surface area contributed by atoms with E-state index in [2.05, 4.69) is 10.6 Å². The molecule has 0 atom stereocenters. The van der Waals surface area contributed by atoms with E-state index in [0.29, 0.717) is 17.4 Å². The summed E-state index contributed by atoms with van der Waals surface area (Å²) in [7, 11) is 1.62. The maximum atomic E-state index is 11.7. The Bertz CT molecular complexity index is 661. The van der Waals surface area contributed by atoms with Gasteiger partial charge in [0.1, 0.15) is 11.5 Å². The molecule has 0 aliphatic heterocycles. The summed E-state index contributed by atoms with van der Waals surface area (Å²) >= 11 is 0. The number of ether oxygens (including phenoxy) is 1. The third kappa shape index (κ3) is 4.03. The molecule has 1 saturated carbocycles. The van der Waals surface area contributed by atoms with E-state index in [1.807, 2.05) is 36.4 Å². The highest BCUT2D eigenvalue weighted by Gasteiger charge is 2.14. The highest BCUT2D eigenvalue weighted by Crippen LogP contribution is 2.26. The molecule has 120 valence electrons. The summed E-state index contributed by atoms with van der Waals surface area (Å²) in [4.78, 5) is 11.7. The lowest BCUT2D eigenvalue weighted by atomic mass is 10.2. The van der Waals surface area contributed by atoms with Crippen molar-refractivity contribution in [3.8, 4) is 11.5 Å². The first kappa shape index (κ1) is 15.4. The molecule has 0 aromatic heterocycles. The number of amides is 1. The van der Waals surface area contributed by atoms with Crippen molar-refractivity contribution in [1.82, 2.24) is 5.32 Å². The van der Waals surface area contributed by atoms with E-state index in [4.69, 9.17) is 4.74 Å². The highest BCUT2D eigenvalue weighted by molar-refractivity contribution is 5.94. The zero-order valence-corrected chi connectivity index (χ0v) is 13.3. The van der Waals surface area contributed by atoms with Crippen molar-refractivity contribution in [2.45, 2.75) is 31.7 Å². The summed E-state index contributed by atoms with van der Waals surface area (Å²) in [5, 5.41) is 6.17. The van der Waals surface area contributed by atoms with Crippen molar-refractivity contribution in [3.05, 3.63) is 54.1 Å². The van der Waals surface area contributed by atoms with E-state index in [1.54, 1.807) is 19.2 Å². The maximum Gasteiger partial charge on any atom is 0.251 e. The van der Waals surface area contributed by atoms with Gasteiger partial charge in [-0.25, -0.2) is 0 Å². The van der Waals surface area contributed by atoms with Gasteiger partial charge in [0.25, 0.3) is 5.91 Å². The molecule has 4 nitrogen and oxygen atoms in total. The second-order valence-corrected chi connectivity index (χ2v) is 5.86. The van der Waals surface area contributed by atoms with E-state index in [1.165, 1.54) is 25.7 Å². The van der Waals surface area contributed by atoms with Crippen LogP contribution in [0.5, 0.6) is 11.5 Å². The van der Waals surface area contributed by atoms with Crippen molar-refractivity contribution >= 4 is 11.6 Å². The number of nitrogens with one attached hydrogen (secondary N) is 2. The molecular formula is C19H22N2O2. The van der Waals surface area contributed by atoms with Gasteiger partial charge in [-0.15, -0.1) is 0 Å². The minimum atomic E-state index is -0.119. The number of carbonyl (C=O) groups is 1. The van der Waals surface area contributed by atoms with Crippen LogP contribution in [0.25, 0.3) is 0 Å². The van der Waals surface area contributed by atoms with E-state index in [9.17, 15) is 4.79 Å². The minimum absolute atomic E-state index is 0.119. The Kier molecular flexibility index (Phi) is 4.81. The Labute approximate surface area is 136 Å². The lowest BCUT2D eigenvalue weighted by Gasteiger charge is -2.14. The molecule has 1 aliphatic carbocycles. The molecule has 2 N–H and O–H groups in total. The van der Waals surface area contributed by atoms with Crippen molar-refractivity contribution in [1.29, 1.82) is 0 Å². The summed E-state index contributed by atoms with van der Waals surface area (Å²) in [6.07, 6.45) is 5.15. The number of hydrogen-bond acceptors (Lipinski definition) is 3. The monoisotopic (exact) mass is 310 g/mol. The van der Waals surface area contributed by atoms with Gasteiger partial charge in [0.05, 0.1) is 0 Å². The van der Waals surface area contributed by atoms with Gasteiger partial charge >= 0.3 is 0 Å². The van der Waals surface area contributed by atoms with E-state index in [-0.39, 0.29) is 5.91 Å². The molecule has 2 aromatic carbocycles. The molecule has 0 saturated heterocycles. The quantitative estimate of drug-likeness (QED) is 0.870. The van der Waals surface area contributed by atoms with Gasteiger partial charge in [0.15, 0.2) is 0 Å². The summed E-state index contributed by atoms with van der Waals surface area (Å²) in [5.41, 5.74) is 1.72. The normalized spacial score (nSPS) is 14.5. The Morgan fingerprint density at radius 3 is 2.48 bits per heavy atom. The van der Waals surface area contributed by atoms with Crippen LogP contribution in [-0.2, 0) is 0 Å². The predicted molar refractivity (Wildman–Crippen MR) is 92.2 cm³/mol. The van der Waals surface area contributed by atoms with E-state index in [0.717, 1.165) is 11.4 Å². The molecule has 3 rings (SSSR count). The average molecular weight is 310 g/mol. The Morgan fingerprint density at radius 2 is 1.78 bits per heavy atom.